The van der Waals surface area contributed by atoms with Crippen molar-refractivity contribution in [3.63, 3.8) is 0 Å². The number of rotatable bonds is 5. The number of hydrogen-bond acceptors (Lipinski definition) is 3. The fraction of sp³-hybridized carbons (Fsp3) is 0.615. The molecule has 2 heterocycles. The van der Waals surface area contributed by atoms with Gasteiger partial charge in [0.15, 0.2) is 0 Å². The summed E-state index contributed by atoms with van der Waals surface area (Å²) in [5.41, 5.74) is -0.707. The number of likely N-dealkylation sites (tertiary alicyclic amines) is 1. The predicted molar refractivity (Wildman–Crippen MR) is 71.3 cm³/mol. The van der Waals surface area contributed by atoms with Crippen LogP contribution in [0.25, 0.3) is 0 Å². The Bertz CT molecular complexity index is 432. The monoisotopic (exact) mass is 315 g/mol. The number of nitrogens with zero attached hydrogens (tertiary/aromatic N) is 1. The number of halogens is 1. The number of carboxylic acid groups (broad SMARTS) is 1. The Hall–Kier alpha value is -0.810. The van der Waals surface area contributed by atoms with E-state index in [9.17, 15) is 9.90 Å². The zero-order valence-corrected chi connectivity index (χ0v) is 12.1. The Morgan fingerprint density at radius 3 is 3.00 bits per heavy atom. The summed E-state index contributed by atoms with van der Waals surface area (Å²) in [6.45, 7) is 3.41. The molecular formula is C13H18BrNO3. The predicted octanol–water partition coefficient (Wildman–Crippen LogP) is 3.26. The van der Waals surface area contributed by atoms with Crippen LogP contribution in [0.1, 0.15) is 38.4 Å². The number of furan rings is 1. The van der Waals surface area contributed by atoms with Crippen LogP contribution in [0.15, 0.2) is 21.2 Å². The zero-order valence-electron chi connectivity index (χ0n) is 10.5. The third kappa shape index (κ3) is 2.34. The van der Waals surface area contributed by atoms with E-state index in [0.717, 1.165) is 36.0 Å². The van der Waals surface area contributed by atoms with Crippen molar-refractivity contribution in [3.05, 3.63) is 22.6 Å². The van der Waals surface area contributed by atoms with Crippen molar-refractivity contribution in [3.8, 4) is 0 Å². The van der Waals surface area contributed by atoms with Crippen molar-refractivity contribution >= 4 is 21.9 Å². The number of carboxylic acids is 1. The lowest BCUT2D eigenvalue weighted by Crippen LogP contribution is -2.49. The molecule has 0 radical (unpaired) electrons. The minimum atomic E-state index is -0.707. The summed E-state index contributed by atoms with van der Waals surface area (Å²) in [6, 6.07) is 1.84. The molecule has 18 heavy (non-hydrogen) atoms. The van der Waals surface area contributed by atoms with E-state index in [1.54, 1.807) is 6.26 Å². The molecule has 1 saturated heterocycles. The van der Waals surface area contributed by atoms with Gasteiger partial charge in [-0.1, -0.05) is 13.3 Å². The van der Waals surface area contributed by atoms with E-state index in [4.69, 9.17) is 4.42 Å². The lowest BCUT2D eigenvalue weighted by atomic mass is 9.90. The smallest absolute Gasteiger partial charge is 0.324 e. The fourth-order valence-corrected chi connectivity index (χ4v) is 3.15. The van der Waals surface area contributed by atoms with Crippen LogP contribution in [0, 0.1) is 0 Å². The molecular weight excluding hydrogens is 298 g/mol. The van der Waals surface area contributed by atoms with E-state index >= 15 is 0 Å². The molecule has 1 aromatic rings. The van der Waals surface area contributed by atoms with Gasteiger partial charge < -0.3 is 9.52 Å². The van der Waals surface area contributed by atoms with E-state index in [1.165, 1.54) is 0 Å². The molecule has 0 aliphatic carbocycles. The van der Waals surface area contributed by atoms with Crippen LogP contribution in [0.3, 0.4) is 0 Å². The number of carbonyl (C=O) groups is 1. The Labute approximate surface area is 115 Å². The lowest BCUT2D eigenvalue weighted by molar-refractivity contribution is -0.150. The van der Waals surface area contributed by atoms with Gasteiger partial charge in [-0.25, -0.2) is 0 Å². The topological polar surface area (TPSA) is 53.7 Å². The number of aliphatic carboxylic acids is 1. The summed E-state index contributed by atoms with van der Waals surface area (Å²) >= 11 is 3.42. The van der Waals surface area contributed by atoms with Crippen molar-refractivity contribution in [2.24, 2.45) is 0 Å². The fourth-order valence-electron chi connectivity index (χ4n) is 2.82. The highest BCUT2D eigenvalue weighted by Gasteiger charge is 2.47. The third-order valence-corrected chi connectivity index (χ3v) is 4.42. The van der Waals surface area contributed by atoms with E-state index in [1.807, 2.05) is 17.9 Å². The van der Waals surface area contributed by atoms with Crippen LogP contribution < -0.4 is 0 Å². The molecule has 0 saturated carbocycles. The van der Waals surface area contributed by atoms with Gasteiger partial charge in [-0.05, 0) is 47.8 Å². The van der Waals surface area contributed by atoms with Crippen LogP contribution in [0.5, 0.6) is 0 Å². The normalized spacial score (nSPS) is 24.6. The van der Waals surface area contributed by atoms with Crippen molar-refractivity contribution in [2.45, 2.75) is 44.7 Å². The van der Waals surface area contributed by atoms with Crippen molar-refractivity contribution < 1.29 is 14.3 Å². The highest BCUT2D eigenvalue weighted by Crippen LogP contribution is 2.36. The van der Waals surface area contributed by atoms with Crippen LogP contribution in [-0.4, -0.2) is 28.1 Å². The molecule has 0 spiro atoms. The first-order chi connectivity index (χ1) is 8.60. The Balaban J connectivity index is 2.20. The van der Waals surface area contributed by atoms with Gasteiger partial charge in [-0.3, -0.25) is 9.69 Å². The van der Waals surface area contributed by atoms with Crippen LogP contribution in [0.4, 0.5) is 0 Å². The summed E-state index contributed by atoms with van der Waals surface area (Å²) in [6.07, 6.45) is 4.86. The Morgan fingerprint density at radius 1 is 1.67 bits per heavy atom. The molecule has 4 nitrogen and oxygen atoms in total. The van der Waals surface area contributed by atoms with E-state index in [-0.39, 0.29) is 0 Å². The molecule has 1 aromatic heterocycles. The second-order valence-electron chi connectivity index (χ2n) is 4.80. The quantitative estimate of drug-likeness (QED) is 0.906. The standard InChI is InChI=1S/C13H18BrNO3/c1-2-5-13(12(16)17)6-3-7-15(13)9-11-10(14)4-8-18-11/h4,8H,2-3,5-7,9H2,1H3,(H,16,17). The first-order valence-corrected chi connectivity index (χ1v) is 7.10. The van der Waals surface area contributed by atoms with Crippen LogP contribution in [-0.2, 0) is 11.3 Å². The second-order valence-corrected chi connectivity index (χ2v) is 5.66. The highest BCUT2D eigenvalue weighted by atomic mass is 79.9. The van der Waals surface area contributed by atoms with Crippen LogP contribution >= 0.6 is 15.9 Å². The maximum Gasteiger partial charge on any atom is 0.324 e. The maximum absolute atomic E-state index is 11.7. The summed E-state index contributed by atoms with van der Waals surface area (Å²) < 4.78 is 6.30. The first kappa shape index (κ1) is 13.6. The summed E-state index contributed by atoms with van der Waals surface area (Å²) in [4.78, 5) is 13.7. The molecule has 0 aromatic carbocycles. The molecule has 0 bridgehead atoms. The average molecular weight is 316 g/mol. The van der Waals surface area contributed by atoms with Gasteiger partial charge >= 0.3 is 5.97 Å². The van der Waals surface area contributed by atoms with Gasteiger partial charge in [0.05, 0.1) is 17.3 Å². The molecule has 1 fully saturated rings. The molecule has 1 aliphatic rings. The SMILES string of the molecule is CCCC1(C(=O)O)CCCN1Cc1occc1Br. The lowest BCUT2D eigenvalue weighted by Gasteiger charge is -2.34. The molecule has 1 unspecified atom stereocenters. The Kier molecular flexibility index (Phi) is 4.12. The molecule has 100 valence electrons. The van der Waals surface area contributed by atoms with Gasteiger partial charge in [0.1, 0.15) is 11.3 Å². The molecule has 2 rings (SSSR count). The summed E-state index contributed by atoms with van der Waals surface area (Å²) in [7, 11) is 0. The minimum absolute atomic E-state index is 0.555. The van der Waals surface area contributed by atoms with Gasteiger partial charge in [-0.2, -0.15) is 0 Å². The summed E-state index contributed by atoms with van der Waals surface area (Å²) in [5, 5.41) is 9.58. The first-order valence-electron chi connectivity index (χ1n) is 6.30. The highest BCUT2D eigenvalue weighted by molar-refractivity contribution is 9.10. The van der Waals surface area contributed by atoms with Gasteiger partial charge in [0.25, 0.3) is 0 Å². The van der Waals surface area contributed by atoms with Gasteiger partial charge in [-0.15, -0.1) is 0 Å². The van der Waals surface area contributed by atoms with Crippen LogP contribution in [0.2, 0.25) is 0 Å². The summed E-state index contributed by atoms with van der Waals surface area (Å²) in [5.74, 6) is 0.100. The molecule has 1 atom stereocenters. The van der Waals surface area contributed by atoms with Gasteiger partial charge in [0.2, 0.25) is 0 Å². The molecule has 5 heteroatoms. The second kappa shape index (κ2) is 5.45. The zero-order chi connectivity index (χ0) is 13.2. The molecule has 1 aliphatic heterocycles. The van der Waals surface area contributed by atoms with E-state index in [2.05, 4.69) is 15.9 Å². The Morgan fingerprint density at radius 2 is 2.44 bits per heavy atom. The minimum Gasteiger partial charge on any atom is -0.480 e. The number of hydrogen-bond donors (Lipinski definition) is 1. The largest absolute Gasteiger partial charge is 0.480 e. The molecule has 1 N–H and O–H groups in total. The van der Waals surface area contributed by atoms with Crippen molar-refractivity contribution in [2.75, 3.05) is 6.54 Å². The van der Waals surface area contributed by atoms with Crippen molar-refractivity contribution in [1.82, 2.24) is 4.90 Å². The molecule has 0 amide bonds. The maximum atomic E-state index is 11.7. The average Bonchev–Trinajstić information content (AvgIpc) is 2.89. The van der Waals surface area contributed by atoms with Gasteiger partial charge in [0, 0.05) is 0 Å². The third-order valence-electron chi connectivity index (χ3n) is 3.71. The van der Waals surface area contributed by atoms with E-state index in [0.29, 0.717) is 13.0 Å². The van der Waals surface area contributed by atoms with E-state index < -0.39 is 11.5 Å². The van der Waals surface area contributed by atoms with Crippen molar-refractivity contribution in [1.29, 1.82) is 0 Å².